The number of ketones is 1. The molecule has 0 saturated heterocycles. The highest BCUT2D eigenvalue weighted by molar-refractivity contribution is 5.79. The molecular formula is C13H16F5NO. The lowest BCUT2D eigenvalue weighted by Gasteiger charge is -2.26. The molecule has 0 bridgehead atoms. The first-order valence-corrected chi connectivity index (χ1v) is 6.53. The largest absolute Gasteiger partial charge is 0.453 e. The maximum absolute atomic E-state index is 12.7. The Morgan fingerprint density at radius 3 is 2.20 bits per heavy atom. The van der Waals surface area contributed by atoms with Crippen molar-refractivity contribution in [1.82, 2.24) is 0 Å². The fourth-order valence-corrected chi connectivity index (χ4v) is 2.46. The number of halogens is 5. The smallest absolute Gasteiger partial charge is 0.300 e. The summed E-state index contributed by atoms with van der Waals surface area (Å²) in [4.78, 5) is 11.1. The lowest BCUT2D eigenvalue weighted by molar-refractivity contribution is -0.284. The number of carbonyl (C=O) groups excluding carboxylic acids is 1. The van der Waals surface area contributed by atoms with E-state index in [0.717, 1.165) is 0 Å². The Labute approximate surface area is 113 Å². The second-order valence-electron chi connectivity index (χ2n) is 5.21. The Morgan fingerprint density at radius 2 is 1.75 bits per heavy atom. The van der Waals surface area contributed by atoms with Crippen LogP contribution < -0.4 is 0 Å². The van der Waals surface area contributed by atoms with Gasteiger partial charge in [-0.2, -0.15) is 27.2 Å². The summed E-state index contributed by atoms with van der Waals surface area (Å²) in [6.07, 6.45) is -5.40. The van der Waals surface area contributed by atoms with Crippen LogP contribution in [0.25, 0.3) is 0 Å². The van der Waals surface area contributed by atoms with Gasteiger partial charge in [0.15, 0.2) is 0 Å². The molecule has 1 saturated carbocycles. The highest BCUT2D eigenvalue weighted by Gasteiger charge is 2.56. The van der Waals surface area contributed by atoms with Crippen LogP contribution in [0.4, 0.5) is 22.0 Å². The summed E-state index contributed by atoms with van der Waals surface area (Å²) in [6, 6.07) is 1.97. The molecule has 2 nitrogen and oxygen atoms in total. The molecule has 7 heteroatoms. The second-order valence-corrected chi connectivity index (χ2v) is 5.21. The summed E-state index contributed by atoms with van der Waals surface area (Å²) < 4.78 is 61.4. The minimum atomic E-state index is -5.54. The first-order chi connectivity index (χ1) is 9.17. The average Bonchev–Trinajstić information content (AvgIpc) is 2.34. The highest BCUT2D eigenvalue weighted by atomic mass is 19.4. The number of rotatable bonds is 5. The van der Waals surface area contributed by atoms with Gasteiger partial charge >= 0.3 is 12.1 Å². The molecule has 1 unspecified atom stereocenters. The Bertz CT molecular complexity index is 375. The number of alkyl halides is 5. The van der Waals surface area contributed by atoms with Crippen molar-refractivity contribution in [3.8, 4) is 6.07 Å². The predicted octanol–water partition coefficient (Wildman–Crippen LogP) is 4.25. The van der Waals surface area contributed by atoms with Crippen LogP contribution in [0.1, 0.15) is 44.9 Å². The third-order valence-electron chi connectivity index (χ3n) is 3.74. The van der Waals surface area contributed by atoms with Crippen molar-refractivity contribution in [2.24, 2.45) is 11.8 Å². The molecule has 1 atom stereocenters. The maximum atomic E-state index is 12.7. The van der Waals surface area contributed by atoms with E-state index in [1.54, 1.807) is 0 Å². The first kappa shape index (κ1) is 16.9. The quantitative estimate of drug-likeness (QED) is 0.712. The van der Waals surface area contributed by atoms with E-state index >= 15 is 0 Å². The van der Waals surface area contributed by atoms with Crippen molar-refractivity contribution in [3.63, 3.8) is 0 Å². The van der Waals surface area contributed by atoms with Gasteiger partial charge in [0, 0.05) is 25.2 Å². The molecule has 114 valence electrons. The zero-order chi connectivity index (χ0) is 15.4. The van der Waals surface area contributed by atoms with Gasteiger partial charge in [0.25, 0.3) is 0 Å². The van der Waals surface area contributed by atoms with E-state index in [9.17, 15) is 26.7 Å². The number of hydrogen-bond donors (Lipinski definition) is 0. The van der Waals surface area contributed by atoms with Crippen LogP contribution in [0, 0.1) is 23.2 Å². The van der Waals surface area contributed by atoms with E-state index in [4.69, 9.17) is 5.26 Å². The van der Waals surface area contributed by atoms with Crippen LogP contribution in [0.2, 0.25) is 0 Å². The van der Waals surface area contributed by atoms with Crippen LogP contribution >= 0.6 is 0 Å². The maximum Gasteiger partial charge on any atom is 0.453 e. The Balaban J connectivity index is 2.43. The van der Waals surface area contributed by atoms with E-state index in [0.29, 0.717) is 25.7 Å². The first-order valence-electron chi connectivity index (χ1n) is 6.53. The SMILES string of the molecule is N#CC(CCCC(F)(F)C(F)(F)F)C1CCC(=O)CC1. The molecular weight excluding hydrogens is 281 g/mol. The van der Waals surface area contributed by atoms with E-state index < -0.39 is 24.4 Å². The van der Waals surface area contributed by atoms with Crippen LogP contribution in [-0.4, -0.2) is 17.9 Å². The fraction of sp³-hybridized carbons (Fsp3) is 0.846. The number of nitrogens with zero attached hydrogens (tertiary/aromatic N) is 1. The molecule has 0 radical (unpaired) electrons. The van der Waals surface area contributed by atoms with Gasteiger partial charge < -0.3 is 0 Å². The predicted molar refractivity (Wildman–Crippen MR) is 60.9 cm³/mol. The summed E-state index contributed by atoms with van der Waals surface area (Å²) in [5.74, 6) is -5.21. The zero-order valence-electron chi connectivity index (χ0n) is 10.8. The molecule has 1 fully saturated rings. The standard InChI is InChI=1S/C13H16F5NO/c14-12(15,13(16,17)18)7-1-2-10(8-19)9-3-5-11(20)6-4-9/h9-10H,1-7H2. The number of nitriles is 1. The number of carbonyl (C=O) groups is 1. The summed E-state index contributed by atoms with van der Waals surface area (Å²) in [6.45, 7) is 0. The van der Waals surface area contributed by atoms with Gasteiger partial charge in [0.2, 0.25) is 0 Å². The van der Waals surface area contributed by atoms with E-state index in [2.05, 4.69) is 0 Å². The van der Waals surface area contributed by atoms with Crippen molar-refractivity contribution < 1.29 is 26.7 Å². The van der Waals surface area contributed by atoms with Crippen LogP contribution in [0.5, 0.6) is 0 Å². The molecule has 20 heavy (non-hydrogen) atoms. The minimum absolute atomic E-state index is 0.0149. The summed E-state index contributed by atoms with van der Waals surface area (Å²) in [5, 5.41) is 8.99. The van der Waals surface area contributed by atoms with E-state index in [1.165, 1.54) is 0 Å². The molecule has 0 aromatic heterocycles. The van der Waals surface area contributed by atoms with Crippen molar-refractivity contribution >= 4 is 5.78 Å². The number of hydrogen-bond acceptors (Lipinski definition) is 2. The Kier molecular flexibility index (Phi) is 5.49. The monoisotopic (exact) mass is 297 g/mol. The lowest BCUT2D eigenvalue weighted by atomic mass is 9.78. The summed E-state index contributed by atoms with van der Waals surface area (Å²) in [7, 11) is 0. The van der Waals surface area contributed by atoms with Gasteiger partial charge in [-0.1, -0.05) is 0 Å². The molecule has 1 aliphatic carbocycles. The van der Waals surface area contributed by atoms with Crippen LogP contribution in [0.3, 0.4) is 0 Å². The second kappa shape index (κ2) is 6.51. The van der Waals surface area contributed by atoms with Gasteiger partial charge in [0.1, 0.15) is 5.78 Å². The van der Waals surface area contributed by atoms with Gasteiger partial charge in [-0.3, -0.25) is 4.79 Å². The molecule has 0 N–H and O–H groups in total. The van der Waals surface area contributed by atoms with Crippen LogP contribution in [-0.2, 0) is 4.79 Å². The topological polar surface area (TPSA) is 40.9 Å². The molecule has 1 aliphatic rings. The van der Waals surface area contributed by atoms with Crippen LogP contribution in [0.15, 0.2) is 0 Å². The zero-order valence-corrected chi connectivity index (χ0v) is 10.8. The average molecular weight is 297 g/mol. The Morgan fingerprint density at radius 1 is 1.20 bits per heavy atom. The number of Topliss-reactive ketones (excluding diaryl/α,β-unsaturated/α-hetero) is 1. The molecule has 0 aliphatic heterocycles. The third-order valence-corrected chi connectivity index (χ3v) is 3.74. The van der Waals surface area contributed by atoms with Gasteiger partial charge in [0.05, 0.1) is 6.07 Å². The highest BCUT2D eigenvalue weighted by Crippen LogP contribution is 2.40. The summed E-state index contributed by atoms with van der Waals surface area (Å²) >= 11 is 0. The molecule has 0 heterocycles. The molecule has 1 rings (SSSR count). The summed E-state index contributed by atoms with van der Waals surface area (Å²) in [5.41, 5.74) is 0. The van der Waals surface area contributed by atoms with Crippen molar-refractivity contribution in [2.75, 3.05) is 0 Å². The molecule has 0 aromatic carbocycles. The van der Waals surface area contributed by atoms with Crippen molar-refractivity contribution in [3.05, 3.63) is 0 Å². The lowest BCUT2D eigenvalue weighted by Crippen LogP contribution is -2.36. The third kappa shape index (κ3) is 4.43. The van der Waals surface area contributed by atoms with Gasteiger partial charge in [-0.05, 0) is 31.6 Å². The fourth-order valence-electron chi connectivity index (χ4n) is 2.46. The van der Waals surface area contributed by atoms with Crippen molar-refractivity contribution in [1.29, 1.82) is 5.26 Å². The van der Waals surface area contributed by atoms with Crippen molar-refractivity contribution in [2.45, 2.75) is 57.0 Å². The molecule has 0 amide bonds. The van der Waals surface area contributed by atoms with Gasteiger partial charge in [-0.15, -0.1) is 0 Å². The van der Waals surface area contributed by atoms with Gasteiger partial charge in [-0.25, -0.2) is 0 Å². The van der Waals surface area contributed by atoms with E-state index in [-0.39, 0.29) is 24.5 Å². The Hall–Kier alpha value is -1.19. The molecule has 0 aromatic rings. The van der Waals surface area contributed by atoms with E-state index in [1.807, 2.05) is 6.07 Å². The molecule has 0 spiro atoms. The normalized spacial score (nSPS) is 19.7. The minimum Gasteiger partial charge on any atom is -0.300 e.